The third kappa shape index (κ3) is 2.76. The van der Waals surface area contributed by atoms with Crippen LogP contribution >= 0.6 is 11.3 Å². The molecule has 7 nitrogen and oxygen atoms in total. The Bertz CT molecular complexity index is 952. The van der Waals surface area contributed by atoms with E-state index >= 15 is 0 Å². The topological polar surface area (TPSA) is 104 Å². The van der Waals surface area contributed by atoms with Gasteiger partial charge >= 0.3 is 0 Å². The lowest BCUT2D eigenvalue weighted by Gasteiger charge is -2.11. The third-order valence-electron chi connectivity index (χ3n) is 2.81. The molecule has 9 heteroatoms. The molecule has 0 unspecified atom stereocenters. The second-order valence-corrected chi connectivity index (χ2v) is 6.90. The van der Waals surface area contributed by atoms with Gasteiger partial charge in [-0.3, -0.25) is 10.1 Å². The maximum absolute atomic E-state index is 12.1. The van der Waals surface area contributed by atoms with Crippen LogP contribution in [0, 0.1) is 10.1 Å². The van der Waals surface area contributed by atoms with Crippen molar-refractivity contribution in [3.63, 3.8) is 0 Å². The van der Waals surface area contributed by atoms with Crippen LogP contribution in [0.5, 0.6) is 0 Å². The zero-order valence-electron chi connectivity index (χ0n) is 10.9. The highest BCUT2D eigenvalue weighted by Gasteiger charge is 2.11. The summed E-state index contributed by atoms with van der Waals surface area (Å²) in [5.41, 5.74) is 0.395. The second-order valence-electron chi connectivity index (χ2n) is 4.28. The Kier molecular flexibility index (Phi) is 3.51. The smallest absolute Gasteiger partial charge is 0.270 e. The summed E-state index contributed by atoms with van der Waals surface area (Å²) in [5.74, 6) is 0. The van der Waals surface area contributed by atoms with E-state index in [2.05, 4.69) is 9.71 Å². The molecule has 1 aromatic heterocycles. The monoisotopic (exact) mass is 334 g/mol. The molecule has 0 saturated carbocycles. The van der Waals surface area contributed by atoms with E-state index in [1.165, 1.54) is 30.3 Å². The summed E-state index contributed by atoms with van der Waals surface area (Å²) in [4.78, 5) is 14.4. The van der Waals surface area contributed by atoms with Crippen molar-refractivity contribution in [2.45, 2.75) is 4.90 Å². The zero-order valence-corrected chi connectivity index (χ0v) is 12.5. The lowest BCUT2D eigenvalue weighted by atomic mass is 10.3. The second kappa shape index (κ2) is 5.35. The summed E-state index contributed by atoms with van der Waals surface area (Å²) in [6.45, 7) is 0. The lowest BCUT2D eigenvalue weighted by molar-refractivity contribution is -0.384. The first-order valence-corrected chi connectivity index (χ1v) is 8.29. The fourth-order valence-corrected chi connectivity index (χ4v) is 3.84. The lowest BCUT2D eigenvalue weighted by Crippen LogP contribution is -1.96. The van der Waals surface area contributed by atoms with Gasteiger partial charge in [-0.2, -0.15) is 0 Å². The standard InChI is InChI=1S/C13H8N3O4S2/c17-16(18)9-6-7-11-12(8-9)21-13(14-11)15-22(19,20)10-4-2-1-3-5-10/h1-8H/q-1. The zero-order chi connectivity index (χ0) is 15.7. The van der Waals surface area contributed by atoms with Crippen LogP contribution in [0.3, 0.4) is 0 Å². The van der Waals surface area contributed by atoms with Gasteiger partial charge in [0.05, 0.1) is 9.82 Å². The number of rotatable bonds is 4. The number of non-ortho nitro benzene ring substituents is 1. The molecule has 0 saturated heterocycles. The Morgan fingerprint density at radius 1 is 1.14 bits per heavy atom. The number of hydrogen-bond acceptors (Lipinski definition) is 6. The normalized spacial score (nSPS) is 11.5. The summed E-state index contributed by atoms with van der Waals surface area (Å²) >= 11 is 0.989. The van der Waals surface area contributed by atoms with E-state index in [9.17, 15) is 18.5 Å². The van der Waals surface area contributed by atoms with Crippen LogP contribution in [0.4, 0.5) is 10.8 Å². The van der Waals surface area contributed by atoms with Crippen LogP contribution in [0.2, 0.25) is 0 Å². The van der Waals surface area contributed by atoms with Gasteiger partial charge in [0.15, 0.2) is 0 Å². The number of nitrogens with zero attached hydrogens (tertiary/aromatic N) is 3. The number of thiazole rings is 1. The largest absolute Gasteiger partial charge is 0.426 e. The van der Waals surface area contributed by atoms with Crippen LogP contribution in [0.25, 0.3) is 14.9 Å². The van der Waals surface area contributed by atoms with Gasteiger partial charge in [0, 0.05) is 22.0 Å². The Morgan fingerprint density at radius 2 is 1.86 bits per heavy atom. The first kappa shape index (κ1) is 14.4. The van der Waals surface area contributed by atoms with E-state index in [0.717, 1.165) is 11.3 Å². The molecule has 0 aliphatic carbocycles. The highest BCUT2D eigenvalue weighted by atomic mass is 32.2. The van der Waals surface area contributed by atoms with Crippen LogP contribution in [-0.4, -0.2) is 18.3 Å². The molecule has 0 radical (unpaired) electrons. The molecule has 0 N–H and O–H groups in total. The predicted molar refractivity (Wildman–Crippen MR) is 82.9 cm³/mol. The van der Waals surface area contributed by atoms with Crippen molar-refractivity contribution in [2.75, 3.05) is 0 Å². The fourth-order valence-electron chi connectivity index (χ4n) is 1.80. The molecule has 0 aliphatic heterocycles. The molecular weight excluding hydrogens is 326 g/mol. The van der Waals surface area contributed by atoms with Crippen molar-refractivity contribution in [1.29, 1.82) is 0 Å². The average Bonchev–Trinajstić information content (AvgIpc) is 2.88. The maximum atomic E-state index is 12.1. The van der Waals surface area contributed by atoms with Crippen LogP contribution < -0.4 is 0 Å². The van der Waals surface area contributed by atoms with E-state index in [0.29, 0.717) is 10.2 Å². The van der Waals surface area contributed by atoms with Crippen molar-refractivity contribution in [3.05, 3.63) is 63.4 Å². The van der Waals surface area contributed by atoms with Gasteiger partial charge < -0.3 is 9.71 Å². The van der Waals surface area contributed by atoms with Gasteiger partial charge in [-0.25, -0.2) is 8.42 Å². The number of benzene rings is 2. The highest BCUT2D eigenvalue weighted by Crippen LogP contribution is 2.36. The quantitative estimate of drug-likeness (QED) is 0.535. The van der Waals surface area contributed by atoms with E-state index in [1.807, 2.05) is 0 Å². The van der Waals surface area contributed by atoms with Gasteiger partial charge in [0.1, 0.15) is 0 Å². The molecule has 0 bridgehead atoms. The number of nitro groups is 1. The first-order chi connectivity index (χ1) is 10.5. The number of nitro benzene ring substituents is 1. The van der Waals surface area contributed by atoms with E-state index in [4.69, 9.17) is 0 Å². The van der Waals surface area contributed by atoms with E-state index in [1.54, 1.807) is 18.2 Å². The van der Waals surface area contributed by atoms with Crippen molar-refractivity contribution < 1.29 is 13.3 Å². The molecule has 22 heavy (non-hydrogen) atoms. The molecule has 2 aromatic carbocycles. The van der Waals surface area contributed by atoms with E-state index in [-0.39, 0.29) is 15.7 Å². The Balaban J connectivity index is 1.96. The minimum Gasteiger partial charge on any atom is -0.426 e. The minimum absolute atomic E-state index is 0.0411. The molecule has 0 atom stereocenters. The first-order valence-electron chi connectivity index (χ1n) is 6.04. The van der Waals surface area contributed by atoms with E-state index < -0.39 is 14.9 Å². The summed E-state index contributed by atoms with van der Waals surface area (Å²) in [7, 11) is -3.85. The van der Waals surface area contributed by atoms with Crippen LogP contribution in [-0.2, 0) is 10.0 Å². The van der Waals surface area contributed by atoms with Gasteiger partial charge in [-0.15, -0.1) is 11.3 Å². The van der Waals surface area contributed by atoms with Gasteiger partial charge in [0.2, 0.25) is 10.0 Å². The highest BCUT2D eigenvalue weighted by molar-refractivity contribution is 7.94. The average molecular weight is 334 g/mol. The van der Waals surface area contributed by atoms with Gasteiger partial charge in [-0.1, -0.05) is 24.3 Å². The molecule has 0 aliphatic rings. The van der Waals surface area contributed by atoms with Gasteiger partial charge in [0.25, 0.3) is 5.69 Å². The predicted octanol–water partition coefficient (Wildman–Crippen LogP) is 3.60. The Hall–Kier alpha value is -2.52. The summed E-state index contributed by atoms with van der Waals surface area (Å²) < 4.78 is 28.5. The molecule has 112 valence electrons. The molecular formula is C13H8N3O4S2-. The molecule has 3 aromatic rings. The molecule has 3 rings (SSSR count). The summed E-state index contributed by atoms with van der Waals surface area (Å²) in [6.07, 6.45) is 0. The third-order valence-corrected chi connectivity index (χ3v) is 5.12. The van der Waals surface area contributed by atoms with Gasteiger partial charge in [-0.05, 0) is 17.6 Å². The van der Waals surface area contributed by atoms with Crippen molar-refractivity contribution in [1.82, 2.24) is 4.98 Å². The summed E-state index contributed by atoms with van der Waals surface area (Å²) in [5, 5.41) is 10.8. The van der Waals surface area contributed by atoms with Crippen LogP contribution in [0.1, 0.15) is 0 Å². The van der Waals surface area contributed by atoms with Crippen LogP contribution in [0.15, 0.2) is 53.4 Å². The van der Waals surface area contributed by atoms with Crippen molar-refractivity contribution >= 4 is 42.4 Å². The van der Waals surface area contributed by atoms with Crippen molar-refractivity contribution in [2.24, 2.45) is 0 Å². The Labute approximate surface area is 129 Å². The number of aromatic nitrogens is 1. The fraction of sp³-hybridized carbons (Fsp3) is 0. The Morgan fingerprint density at radius 3 is 2.55 bits per heavy atom. The molecule has 1 heterocycles. The van der Waals surface area contributed by atoms with Crippen molar-refractivity contribution in [3.8, 4) is 0 Å². The SMILES string of the molecule is O=[N+]([O-])c1ccc2nc([N-]S(=O)(=O)c3ccccc3)sc2c1. The molecule has 0 fully saturated rings. The number of fused-ring (bicyclic) bond motifs is 1. The number of hydrogen-bond donors (Lipinski definition) is 0. The summed E-state index contributed by atoms with van der Waals surface area (Å²) in [6, 6.07) is 11.9. The molecule has 0 amide bonds. The maximum Gasteiger partial charge on any atom is 0.270 e. The minimum atomic E-state index is -3.85. The number of sulfonamides is 1. The molecule has 0 spiro atoms.